The Balaban J connectivity index is 1.46. The van der Waals surface area contributed by atoms with E-state index < -0.39 is 0 Å². The zero-order chi connectivity index (χ0) is 30.7. The highest BCUT2D eigenvalue weighted by atomic mass is 16.5. The molecular formula is C36H44N4O4. The Morgan fingerprint density at radius 2 is 0.523 bits per heavy atom. The lowest BCUT2D eigenvalue weighted by atomic mass is 9.99. The summed E-state index contributed by atoms with van der Waals surface area (Å²) >= 11 is 0. The summed E-state index contributed by atoms with van der Waals surface area (Å²) in [5, 5.41) is 15.5. The lowest BCUT2D eigenvalue weighted by Crippen LogP contribution is -2.45. The predicted octanol–water partition coefficient (Wildman–Crippen LogP) is 5.36. The molecule has 1 aliphatic heterocycles. The van der Waals surface area contributed by atoms with Crippen LogP contribution in [-0.2, 0) is 0 Å². The quantitative estimate of drug-likeness (QED) is 0.217. The monoisotopic (exact) mass is 596 g/mol. The molecule has 4 N–H and O–H groups in total. The molecule has 0 radical (unpaired) electrons. The summed E-state index contributed by atoms with van der Waals surface area (Å²) in [7, 11) is 6.78. The molecule has 1 saturated heterocycles. The van der Waals surface area contributed by atoms with E-state index in [1.807, 2.05) is 48.5 Å². The van der Waals surface area contributed by atoms with Gasteiger partial charge in [0.15, 0.2) is 0 Å². The van der Waals surface area contributed by atoms with Crippen LogP contribution in [0.5, 0.6) is 23.0 Å². The van der Waals surface area contributed by atoms with Crippen molar-refractivity contribution in [3.8, 4) is 23.0 Å². The molecule has 5 rings (SSSR count). The van der Waals surface area contributed by atoms with Crippen molar-refractivity contribution in [1.29, 1.82) is 0 Å². The van der Waals surface area contributed by atoms with E-state index in [1.165, 1.54) is 22.3 Å². The number of rotatable bonds is 8. The van der Waals surface area contributed by atoms with Crippen LogP contribution in [0.15, 0.2) is 97.1 Å². The van der Waals surface area contributed by atoms with E-state index in [0.717, 1.165) is 49.2 Å². The maximum Gasteiger partial charge on any atom is 0.118 e. The Labute approximate surface area is 261 Å². The largest absolute Gasteiger partial charge is 0.497 e. The van der Waals surface area contributed by atoms with Crippen molar-refractivity contribution in [3.05, 3.63) is 119 Å². The molecule has 8 nitrogen and oxygen atoms in total. The molecule has 232 valence electrons. The number of hydrogen-bond acceptors (Lipinski definition) is 8. The second-order valence-electron chi connectivity index (χ2n) is 10.9. The fraction of sp³-hybridized carbons (Fsp3) is 0.333. The summed E-state index contributed by atoms with van der Waals surface area (Å²) < 4.78 is 21.7. The Kier molecular flexibility index (Phi) is 11.1. The fourth-order valence-electron chi connectivity index (χ4n) is 5.62. The molecule has 4 aromatic carbocycles. The van der Waals surface area contributed by atoms with Crippen LogP contribution in [0.2, 0.25) is 0 Å². The molecule has 44 heavy (non-hydrogen) atoms. The number of ether oxygens (including phenoxy) is 4. The SMILES string of the molecule is COc1ccc(C2CNC(c3ccc(OC)cc3)CNC(c3ccc(OC)cc3)CNC(c3ccc(OC)cc3)CN2)cc1. The molecule has 1 aliphatic rings. The Hall–Kier alpha value is -4.08. The van der Waals surface area contributed by atoms with E-state index in [9.17, 15) is 0 Å². The van der Waals surface area contributed by atoms with Gasteiger partial charge >= 0.3 is 0 Å². The van der Waals surface area contributed by atoms with Gasteiger partial charge in [-0.05, 0) is 70.8 Å². The van der Waals surface area contributed by atoms with Gasteiger partial charge in [-0.15, -0.1) is 0 Å². The molecule has 1 fully saturated rings. The minimum atomic E-state index is 0.0704. The van der Waals surface area contributed by atoms with Gasteiger partial charge in [0.25, 0.3) is 0 Å². The van der Waals surface area contributed by atoms with Gasteiger partial charge in [0.1, 0.15) is 23.0 Å². The molecule has 0 aliphatic carbocycles. The zero-order valence-corrected chi connectivity index (χ0v) is 26.0. The van der Waals surface area contributed by atoms with Crippen molar-refractivity contribution in [1.82, 2.24) is 21.3 Å². The van der Waals surface area contributed by atoms with E-state index in [1.54, 1.807) is 28.4 Å². The molecular weight excluding hydrogens is 552 g/mol. The third kappa shape index (κ3) is 8.09. The molecule has 0 spiro atoms. The van der Waals surface area contributed by atoms with Gasteiger partial charge < -0.3 is 40.2 Å². The maximum absolute atomic E-state index is 5.43. The van der Waals surface area contributed by atoms with E-state index in [4.69, 9.17) is 18.9 Å². The summed E-state index contributed by atoms with van der Waals surface area (Å²) in [6, 6.07) is 33.6. The maximum atomic E-state index is 5.43. The van der Waals surface area contributed by atoms with Crippen LogP contribution in [0.25, 0.3) is 0 Å². The Morgan fingerprint density at radius 1 is 0.341 bits per heavy atom. The van der Waals surface area contributed by atoms with Crippen LogP contribution >= 0.6 is 0 Å². The van der Waals surface area contributed by atoms with Crippen LogP contribution < -0.4 is 40.2 Å². The van der Waals surface area contributed by atoms with Crippen LogP contribution in [0.3, 0.4) is 0 Å². The Morgan fingerprint density at radius 3 is 0.682 bits per heavy atom. The molecule has 0 aromatic heterocycles. The highest BCUT2D eigenvalue weighted by molar-refractivity contribution is 5.33. The minimum Gasteiger partial charge on any atom is -0.497 e. The topological polar surface area (TPSA) is 85.0 Å². The van der Waals surface area contributed by atoms with E-state index in [0.29, 0.717) is 0 Å². The first-order chi connectivity index (χ1) is 21.6. The minimum absolute atomic E-state index is 0.0704. The summed E-state index contributed by atoms with van der Waals surface area (Å²) in [6.07, 6.45) is 0. The molecule has 1 heterocycles. The van der Waals surface area contributed by atoms with Crippen molar-refractivity contribution in [2.24, 2.45) is 0 Å². The highest BCUT2D eigenvalue weighted by Gasteiger charge is 2.23. The Bertz CT molecular complexity index is 1170. The average molecular weight is 597 g/mol. The average Bonchev–Trinajstić information content (AvgIpc) is 3.09. The van der Waals surface area contributed by atoms with Gasteiger partial charge in [-0.1, -0.05) is 48.5 Å². The van der Waals surface area contributed by atoms with Gasteiger partial charge in [0, 0.05) is 50.3 Å². The lowest BCUT2D eigenvalue weighted by Gasteiger charge is -2.32. The third-order valence-corrected chi connectivity index (χ3v) is 8.35. The van der Waals surface area contributed by atoms with E-state index in [2.05, 4.69) is 69.8 Å². The van der Waals surface area contributed by atoms with Crippen molar-refractivity contribution < 1.29 is 18.9 Å². The zero-order valence-electron chi connectivity index (χ0n) is 26.0. The number of methoxy groups -OCH3 is 4. The van der Waals surface area contributed by atoms with Gasteiger partial charge in [-0.2, -0.15) is 0 Å². The second-order valence-corrected chi connectivity index (χ2v) is 10.9. The van der Waals surface area contributed by atoms with Crippen molar-refractivity contribution >= 4 is 0 Å². The van der Waals surface area contributed by atoms with Gasteiger partial charge in [-0.25, -0.2) is 0 Å². The summed E-state index contributed by atoms with van der Waals surface area (Å²) in [5.41, 5.74) is 4.78. The number of benzene rings is 4. The molecule has 4 aromatic rings. The van der Waals surface area contributed by atoms with Gasteiger partial charge in [0.2, 0.25) is 0 Å². The second kappa shape index (κ2) is 15.6. The summed E-state index contributed by atoms with van der Waals surface area (Å²) in [4.78, 5) is 0. The summed E-state index contributed by atoms with van der Waals surface area (Å²) in [5.74, 6) is 3.38. The van der Waals surface area contributed by atoms with Crippen molar-refractivity contribution in [3.63, 3.8) is 0 Å². The molecule has 8 heteroatoms. The number of nitrogens with one attached hydrogen (secondary N) is 4. The summed E-state index contributed by atoms with van der Waals surface area (Å²) in [6.45, 7) is 2.92. The molecule has 4 atom stereocenters. The lowest BCUT2D eigenvalue weighted by molar-refractivity contribution is 0.356. The molecule has 0 amide bonds. The van der Waals surface area contributed by atoms with Crippen LogP contribution in [0, 0.1) is 0 Å². The van der Waals surface area contributed by atoms with Crippen molar-refractivity contribution in [2.75, 3.05) is 54.6 Å². The van der Waals surface area contributed by atoms with Crippen LogP contribution in [0.1, 0.15) is 46.4 Å². The predicted molar refractivity (Wildman–Crippen MR) is 175 cm³/mol. The van der Waals surface area contributed by atoms with E-state index >= 15 is 0 Å². The molecule has 0 bridgehead atoms. The van der Waals surface area contributed by atoms with Crippen molar-refractivity contribution in [2.45, 2.75) is 24.2 Å². The van der Waals surface area contributed by atoms with Crippen LogP contribution in [0.4, 0.5) is 0 Å². The first kappa shape index (κ1) is 31.3. The highest BCUT2D eigenvalue weighted by Crippen LogP contribution is 2.25. The van der Waals surface area contributed by atoms with Crippen LogP contribution in [-0.4, -0.2) is 54.6 Å². The van der Waals surface area contributed by atoms with Gasteiger partial charge in [-0.3, -0.25) is 0 Å². The van der Waals surface area contributed by atoms with E-state index in [-0.39, 0.29) is 24.2 Å². The normalized spacial score (nSPS) is 21.4. The smallest absolute Gasteiger partial charge is 0.118 e. The first-order valence-corrected chi connectivity index (χ1v) is 15.1. The third-order valence-electron chi connectivity index (χ3n) is 8.35. The first-order valence-electron chi connectivity index (χ1n) is 15.1. The fourth-order valence-corrected chi connectivity index (χ4v) is 5.62. The van der Waals surface area contributed by atoms with Gasteiger partial charge in [0.05, 0.1) is 28.4 Å². The molecule has 4 unspecified atom stereocenters. The number of hydrogen-bond donors (Lipinski definition) is 4. The molecule has 0 saturated carbocycles. The standard InChI is InChI=1S/C36H44N4O4/c1-41-29-13-5-25(6-14-29)33-21-38-35(27-9-17-31(43-3)18-10-27)23-40-36(28-11-19-32(44-4)20-12-28)24-39-34(22-37-33)26-7-15-30(42-2)16-8-26/h5-20,33-40H,21-24H2,1-4H3.